The zero-order chi connectivity index (χ0) is 30.3. The van der Waals surface area contributed by atoms with Crippen LogP contribution in [0.4, 0.5) is 0 Å². The second-order valence-corrected chi connectivity index (χ2v) is 10.7. The molecular weight excluding hydrogens is 640 g/mol. The summed E-state index contributed by atoms with van der Waals surface area (Å²) < 4.78 is 0. The van der Waals surface area contributed by atoms with Gasteiger partial charge in [0.2, 0.25) is 0 Å². The first kappa shape index (κ1) is 38.8. The molecule has 0 spiro atoms. The summed E-state index contributed by atoms with van der Waals surface area (Å²) in [5.74, 6) is -1.76. The molecule has 0 aliphatic carbocycles. The molecule has 3 aromatic heterocycles. The van der Waals surface area contributed by atoms with E-state index < -0.39 is 11.9 Å². The van der Waals surface area contributed by atoms with E-state index >= 15 is 0 Å². The van der Waals surface area contributed by atoms with E-state index in [4.69, 9.17) is 9.97 Å². The summed E-state index contributed by atoms with van der Waals surface area (Å²) in [4.78, 5) is 40.0. The third-order valence-corrected chi connectivity index (χ3v) is 8.22. The molecule has 220 valence electrons. The Morgan fingerprint density at radius 1 is 0.711 bits per heavy atom. The van der Waals surface area contributed by atoms with Gasteiger partial charge in [0.1, 0.15) is 0 Å². The van der Waals surface area contributed by atoms with Crippen LogP contribution in [0.2, 0.25) is 0 Å². The van der Waals surface area contributed by atoms with E-state index in [-0.39, 0.29) is 91.4 Å². The molecule has 5 rings (SSSR count). The molecule has 0 saturated carbocycles. The van der Waals surface area contributed by atoms with Crippen molar-refractivity contribution in [3.63, 3.8) is 0 Å². The molecule has 2 aliphatic rings. The van der Waals surface area contributed by atoms with E-state index in [1.165, 1.54) is 0 Å². The van der Waals surface area contributed by atoms with Gasteiger partial charge in [-0.05, 0) is 98.2 Å². The standard InChI is InChI=1S/C34H34N4O4.2Na.Zn.2H/c1-7-21-17(3)25-13-26-19(5)23(9-11-33(39)40)31(37-26)16-32-24(10-12-34(41)42)20(6)28(38-32)15-30-22(8-2)18(4)27(36-30)14-29(21)35-25;;;;;/h7-8,13-16,35,38H,1-2,9-12H2,3-6H3,(H,39,40)(H,41,42);;;;;. The number of H-pyrrole nitrogens is 2. The van der Waals surface area contributed by atoms with Gasteiger partial charge in [-0.3, -0.25) is 9.59 Å². The fraction of sp³-hybridized carbons (Fsp3) is 0.235. The summed E-state index contributed by atoms with van der Waals surface area (Å²) in [5, 5.41) is 18.9. The van der Waals surface area contributed by atoms with E-state index in [2.05, 4.69) is 23.1 Å². The molecule has 11 heteroatoms. The number of aliphatic carboxylic acids is 2. The average Bonchev–Trinajstić information content (AvgIpc) is 3.59. The van der Waals surface area contributed by atoms with Crippen molar-refractivity contribution in [3.8, 4) is 0 Å². The fourth-order valence-electron chi connectivity index (χ4n) is 5.77. The molecule has 8 nitrogen and oxygen atoms in total. The van der Waals surface area contributed by atoms with Crippen LogP contribution in [0.1, 0.15) is 78.1 Å². The minimum absolute atomic E-state index is 0. The predicted octanol–water partition coefficient (Wildman–Crippen LogP) is 6.20. The van der Waals surface area contributed by atoms with E-state index in [9.17, 15) is 19.8 Å². The quantitative estimate of drug-likeness (QED) is 0.210. The van der Waals surface area contributed by atoms with Gasteiger partial charge in [0, 0.05) is 65.5 Å². The number of fused-ring (bicyclic) bond motifs is 8. The number of carboxylic acid groups (broad SMARTS) is 2. The van der Waals surface area contributed by atoms with Crippen LogP contribution < -0.4 is 0 Å². The van der Waals surface area contributed by atoms with Gasteiger partial charge in [-0.1, -0.05) is 25.3 Å². The average molecular weight is 676 g/mol. The molecular formula is C34H36N4Na2O4Zn. The summed E-state index contributed by atoms with van der Waals surface area (Å²) in [6.45, 7) is 16.0. The monoisotopic (exact) mass is 674 g/mol. The van der Waals surface area contributed by atoms with Crippen LogP contribution in [0, 0.1) is 13.8 Å². The second kappa shape index (κ2) is 16.0. The topological polar surface area (TPSA) is 132 Å². The third kappa shape index (κ3) is 7.79. The van der Waals surface area contributed by atoms with Crippen LogP contribution in [0.3, 0.4) is 0 Å². The number of carboxylic acids is 2. The van der Waals surface area contributed by atoms with Crippen molar-refractivity contribution in [1.82, 2.24) is 19.9 Å². The number of nitrogens with zero attached hydrogens (tertiary/aromatic N) is 2. The molecule has 45 heavy (non-hydrogen) atoms. The van der Waals surface area contributed by atoms with Crippen molar-refractivity contribution in [3.05, 3.63) is 88.5 Å². The molecule has 2 aliphatic heterocycles. The van der Waals surface area contributed by atoms with Gasteiger partial charge < -0.3 is 20.2 Å². The number of hydrogen-bond acceptors (Lipinski definition) is 4. The fourth-order valence-corrected chi connectivity index (χ4v) is 5.77. The van der Waals surface area contributed by atoms with Gasteiger partial charge in [0.05, 0.1) is 22.8 Å². The Morgan fingerprint density at radius 2 is 1.22 bits per heavy atom. The number of allylic oxidation sites excluding steroid dienone is 5. The van der Waals surface area contributed by atoms with Crippen molar-refractivity contribution in [1.29, 1.82) is 0 Å². The molecule has 5 heterocycles. The second-order valence-electron chi connectivity index (χ2n) is 10.7. The molecule has 0 atom stereocenters. The molecule has 0 unspecified atom stereocenters. The third-order valence-electron chi connectivity index (χ3n) is 8.22. The Morgan fingerprint density at radius 3 is 1.84 bits per heavy atom. The Bertz CT molecular complexity index is 1940. The minimum atomic E-state index is -0.883. The van der Waals surface area contributed by atoms with Gasteiger partial charge in [-0.25, -0.2) is 9.97 Å². The SMILES string of the molecule is C=CC1=C(C)c2cc3[nH]c(cc4nc(cc5[nH]c(cc1n2)c(C)c5CCC(=O)O)C(CCC(=O)O)=C4C)c(C)c3C=C.[NaH].[NaH].[Zn]. The smallest absolute Gasteiger partial charge is 0 e. The van der Waals surface area contributed by atoms with Crippen molar-refractivity contribution in [2.75, 3.05) is 0 Å². The normalized spacial score (nSPS) is 12.2. The van der Waals surface area contributed by atoms with Crippen LogP contribution >= 0.6 is 0 Å². The maximum Gasteiger partial charge on any atom is 0 e. The zero-order valence-electron chi connectivity index (χ0n) is 25.0. The van der Waals surface area contributed by atoms with Gasteiger partial charge in [-0.2, -0.15) is 0 Å². The van der Waals surface area contributed by atoms with E-state index in [1.807, 2.05) is 58.0 Å². The van der Waals surface area contributed by atoms with Gasteiger partial charge in [0.25, 0.3) is 0 Å². The van der Waals surface area contributed by atoms with Crippen LogP contribution in [0.15, 0.2) is 43.5 Å². The molecule has 0 saturated heterocycles. The van der Waals surface area contributed by atoms with Crippen LogP contribution in [0.5, 0.6) is 0 Å². The first-order valence-electron chi connectivity index (χ1n) is 13.9. The number of rotatable bonds is 8. The van der Waals surface area contributed by atoms with Gasteiger partial charge in [-0.15, -0.1) is 0 Å². The number of aromatic nitrogens is 4. The Hall–Kier alpha value is -2.36. The number of aryl methyl sites for hydroxylation is 3. The Kier molecular flexibility index (Phi) is 13.8. The van der Waals surface area contributed by atoms with Crippen LogP contribution in [0.25, 0.3) is 50.4 Å². The number of aromatic amines is 2. The van der Waals surface area contributed by atoms with Crippen molar-refractivity contribution >= 4 is 121 Å². The van der Waals surface area contributed by atoms with Crippen molar-refractivity contribution < 1.29 is 39.3 Å². The first-order valence-corrected chi connectivity index (χ1v) is 13.9. The van der Waals surface area contributed by atoms with Crippen molar-refractivity contribution in [2.45, 2.75) is 53.4 Å². The first-order chi connectivity index (χ1) is 20.0. The summed E-state index contributed by atoms with van der Waals surface area (Å²) in [7, 11) is 0. The molecule has 0 amide bonds. The van der Waals surface area contributed by atoms with Crippen LogP contribution in [-0.2, 0) is 35.5 Å². The summed E-state index contributed by atoms with van der Waals surface area (Å²) in [5.41, 5.74) is 13.7. The number of nitrogens with one attached hydrogen (secondary N) is 2. The molecule has 0 aromatic carbocycles. The minimum Gasteiger partial charge on any atom is 0 e. The zero-order valence-corrected chi connectivity index (χ0v) is 28.0. The van der Waals surface area contributed by atoms with Gasteiger partial charge in [0.15, 0.2) is 0 Å². The summed E-state index contributed by atoms with van der Waals surface area (Å²) in [6, 6.07) is 7.88. The summed E-state index contributed by atoms with van der Waals surface area (Å²) >= 11 is 0. The Labute approximate surface area is 319 Å². The van der Waals surface area contributed by atoms with Crippen LogP contribution in [-0.4, -0.2) is 101 Å². The molecule has 8 bridgehead atoms. The van der Waals surface area contributed by atoms with Crippen molar-refractivity contribution in [2.24, 2.45) is 0 Å². The molecule has 0 fully saturated rings. The molecule has 4 N–H and O–H groups in total. The Balaban J connectivity index is 0.00000235. The molecule has 3 aromatic rings. The maximum atomic E-state index is 11.5. The van der Waals surface area contributed by atoms with E-state index in [1.54, 1.807) is 6.08 Å². The molecule has 0 radical (unpaired) electrons. The number of hydrogen-bond donors (Lipinski definition) is 4. The predicted molar refractivity (Wildman–Crippen MR) is 183 cm³/mol. The maximum absolute atomic E-state index is 11.5. The van der Waals surface area contributed by atoms with E-state index in [0.29, 0.717) is 18.5 Å². The summed E-state index contributed by atoms with van der Waals surface area (Å²) in [6.07, 6.45) is 4.22. The van der Waals surface area contributed by atoms with E-state index in [0.717, 1.165) is 83.7 Å². The van der Waals surface area contributed by atoms with Gasteiger partial charge >= 0.3 is 71.1 Å². The number of carbonyl (C=O) groups is 2. The largest absolute Gasteiger partial charge is 0 e.